The van der Waals surface area contributed by atoms with Gasteiger partial charge in [0.25, 0.3) is 5.91 Å². The number of aliphatic hydroxyl groups excluding tert-OH is 1. The van der Waals surface area contributed by atoms with Crippen molar-refractivity contribution in [2.24, 2.45) is 0 Å². The van der Waals surface area contributed by atoms with Crippen molar-refractivity contribution in [3.05, 3.63) is 106 Å². The first kappa shape index (κ1) is 60.2. The average Bonchev–Trinajstić information content (AvgIpc) is 3.76. The number of rotatable bonds is 16. The molecule has 4 aliphatic rings. The van der Waals surface area contributed by atoms with Crippen LogP contribution in [0.5, 0.6) is 0 Å². The number of benzene rings is 1. The number of carbonyl (C=O) groups is 4. The topological polar surface area (TPSA) is 197 Å². The van der Waals surface area contributed by atoms with Crippen LogP contribution in [0.15, 0.2) is 78.3 Å². The number of nitrogens with zero attached hydrogens (tertiary/aromatic N) is 8. The van der Waals surface area contributed by atoms with E-state index in [9.17, 15) is 24.3 Å². The van der Waals surface area contributed by atoms with Crippen molar-refractivity contribution in [2.45, 2.75) is 110 Å². The molecule has 0 spiro atoms. The van der Waals surface area contributed by atoms with Crippen LogP contribution in [0.2, 0.25) is 0 Å². The number of allylic oxidation sites excluding steroid dienone is 4. The van der Waals surface area contributed by atoms with E-state index in [4.69, 9.17) is 21.1 Å². The number of fused-ring (bicyclic) bond motifs is 1. The van der Waals surface area contributed by atoms with Crippen LogP contribution in [0.4, 0.5) is 16.3 Å². The van der Waals surface area contributed by atoms with E-state index in [1.807, 2.05) is 30.0 Å². The number of hydrogen-bond acceptors (Lipinski definition) is 12. The molecule has 1 atom stereocenters. The van der Waals surface area contributed by atoms with Crippen molar-refractivity contribution < 1.29 is 33.8 Å². The van der Waals surface area contributed by atoms with Gasteiger partial charge in [0.15, 0.2) is 5.69 Å². The third-order valence-corrected chi connectivity index (χ3v) is 13.4. The van der Waals surface area contributed by atoms with Gasteiger partial charge in [-0.3, -0.25) is 24.6 Å². The van der Waals surface area contributed by atoms with Gasteiger partial charge in [0.2, 0.25) is 11.8 Å². The first-order valence-electron chi connectivity index (χ1n) is 25.3. The summed E-state index contributed by atoms with van der Waals surface area (Å²) in [5.74, 6) is 0.834. The second kappa shape index (κ2) is 28.9. The van der Waals surface area contributed by atoms with Crippen molar-refractivity contribution in [2.75, 3.05) is 89.3 Å². The van der Waals surface area contributed by atoms with Gasteiger partial charge in [0, 0.05) is 81.1 Å². The molecule has 3 aromatic rings. The van der Waals surface area contributed by atoms with Crippen molar-refractivity contribution in [1.29, 1.82) is 0 Å². The summed E-state index contributed by atoms with van der Waals surface area (Å²) in [6, 6.07) is 9.94. The smallest absolute Gasteiger partial charge is 0.412 e. The summed E-state index contributed by atoms with van der Waals surface area (Å²) in [6.45, 7) is 20.1. The maximum Gasteiger partial charge on any atom is 0.412 e. The van der Waals surface area contributed by atoms with Crippen LogP contribution >= 0.6 is 25.1 Å². The standard InChI is InChI=1S/C34H49N6O5.C20H25ClN4O2.Fm.H2S/c1-6-24-8-7-9-25(20-24)26-21-29(38-33(43)45-34(2,3)4)31(37-22-26)32(42)40-18-12-28(13-19-40)44-27-10-16-39(17-11-27)23-30(41)36-15-14-35-5;1-3-15(21)5-4-14(2)12-18(27)24-8-10-25(11-9-24)20-16-6-7-17(26)19(16)22-13-23-20;;/h7-9,20-22,27-28H,6,10-19,23H2,1-5H3,(H,36,41)(H,38,43);3-5,13,17,26H,1,6-12H2,2H3;;1H2/q-1;;;/b;14-4+,15-5+;;. The molecule has 3 aliphatic heterocycles. The molecule has 3 N–H and O–H groups in total. The zero-order chi connectivity index (χ0) is 51.8. The molecule has 17 nitrogen and oxygen atoms in total. The molecule has 4 amide bonds. The van der Waals surface area contributed by atoms with Crippen LogP contribution in [0.25, 0.3) is 16.4 Å². The van der Waals surface area contributed by atoms with E-state index in [0.717, 1.165) is 98.5 Å². The fourth-order valence-electron chi connectivity index (χ4n) is 9.16. The number of carbonyl (C=O) groups excluding carboxylic acids is 4. The Labute approximate surface area is 443 Å². The third kappa shape index (κ3) is 17.6. The van der Waals surface area contributed by atoms with Gasteiger partial charge >= 0.3 is 6.09 Å². The van der Waals surface area contributed by atoms with Gasteiger partial charge in [-0.25, -0.2) is 19.7 Å². The predicted octanol–water partition coefficient (Wildman–Crippen LogP) is 7.73. The van der Waals surface area contributed by atoms with Gasteiger partial charge in [0.1, 0.15) is 17.7 Å². The molecule has 0 saturated carbocycles. The summed E-state index contributed by atoms with van der Waals surface area (Å²) in [7, 11) is 1.74. The van der Waals surface area contributed by atoms with E-state index in [0.29, 0.717) is 69.4 Å². The Bertz CT molecular complexity index is 2420. The molecule has 0 bridgehead atoms. The first-order valence-corrected chi connectivity index (χ1v) is 25.7. The van der Waals surface area contributed by atoms with Crippen molar-refractivity contribution in [1.82, 2.24) is 35.0 Å². The number of piperidine rings is 2. The Morgan fingerprint density at radius 1 is 0.919 bits per heavy atom. The summed E-state index contributed by atoms with van der Waals surface area (Å²) < 4.78 is 11.9. The van der Waals surface area contributed by atoms with E-state index < -0.39 is 17.8 Å². The number of aliphatic hydroxyl groups is 1. The molecule has 0 radical (unpaired) electrons. The molecule has 20 heteroatoms. The van der Waals surface area contributed by atoms with Gasteiger partial charge in [-0.15, -0.1) is 6.54 Å². The number of anilines is 2. The molecule has 7 rings (SSSR count). The van der Waals surface area contributed by atoms with Crippen molar-refractivity contribution in [3.63, 3.8) is 0 Å². The monoisotopic (exact) mass is 1300 g/mol. The number of hydrogen-bond donors (Lipinski definition) is 3. The number of amides is 4. The molecule has 2 aromatic heterocycles. The maximum absolute atomic E-state index is 13.7. The van der Waals surface area contributed by atoms with Gasteiger partial charge in [-0.2, -0.15) is 20.5 Å². The number of aryl methyl sites for hydroxylation is 1. The quantitative estimate of drug-likeness (QED) is 0.0935. The molecule has 3 fully saturated rings. The average molecular weight is 1300 g/mol. The van der Waals surface area contributed by atoms with Crippen molar-refractivity contribution in [3.8, 4) is 11.1 Å². The molecular formula is C54H76ClFmN10O7S-. The van der Waals surface area contributed by atoms with Crippen LogP contribution in [0.3, 0.4) is 0 Å². The molecule has 5 heterocycles. The molecule has 3 saturated heterocycles. The normalized spacial score (nSPS) is 17.7. The number of ether oxygens (including phenoxy) is 2. The molecular weight excluding hydrogens is 1230 g/mol. The number of aromatic nitrogens is 3. The number of piperazine rings is 1. The minimum atomic E-state index is -0.687. The van der Waals surface area contributed by atoms with E-state index in [1.54, 1.807) is 57.1 Å². The summed E-state index contributed by atoms with van der Waals surface area (Å²) in [4.78, 5) is 72.4. The van der Waals surface area contributed by atoms with Crippen LogP contribution in [0, 0.1) is 0 Å². The Hall–Kier alpha value is -6.37. The number of likely N-dealkylation sites (tertiary alicyclic amines) is 2. The Kier molecular flexibility index (Phi) is 23.5. The first-order chi connectivity index (χ1) is 34.5. The van der Waals surface area contributed by atoms with Crippen LogP contribution in [-0.4, -0.2) is 155 Å². The van der Waals surface area contributed by atoms with E-state index in [-0.39, 0.29) is 49.1 Å². The zero-order valence-corrected chi connectivity index (χ0v) is 47.9. The maximum atomic E-state index is 13.7. The zero-order valence-electron chi connectivity index (χ0n) is 43.8. The Morgan fingerprint density at radius 2 is 1.61 bits per heavy atom. The minimum Gasteiger partial charge on any atom is -0.664 e. The second-order valence-electron chi connectivity index (χ2n) is 19.7. The van der Waals surface area contributed by atoms with Crippen LogP contribution in [0.1, 0.15) is 107 Å². The fourth-order valence-corrected chi connectivity index (χ4v) is 9.22. The molecule has 1 aliphatic carbocycles. The third-order valence-electron chi connectivity index (χ3n) is 13.1. The number of nitrogens with one attached hydrogen (secondary N) is 2. The summed E-state index contributed by atoms with van der Waals surface area (Å²) >= 11 is 5.89. The van der Waals surface area contributed by atoms with E-state index >= 15 is 0 Å². The van der Waals surface area contributed by atoms with E-state index in [1.165, 1.54) is 11.9 Å². The second-order valence-corrected chi connectivity index (χ2v) is 20.2. The summed E-state index contributed by atoms with van der Waals surface area (Å²) in [5, 5.41) is 20.3. The predicted molar refractivity (Wildman–Crippen MR) is 293 cm³/mol. The SMILES string of the molecule is C=C/C(Cl)=C\C=C(/C)CC(=O)N1CCN(c2ncnc3c2CCC3O)CC1.CCc1cccc(-c2cnc(C(=O)N3CCC(OC4CCN(CC(=O)NCC[N-]C)CC4)CC3)c(NC(=O)OC(C)(C)C)c2)c1.S.[Fm]. The number of likely N-dealkylation sites (N-methyl/N-ethyl adjacent to an activating group) is 1. The Morgan fingerprint density at radius 3 is 2.26 bits per heavy atom. The molecule has 1 aromatic carbocycles. The minimum absolute atomic E-state index is 0. The van der Waals surface area contributed by atoms with Gasteiger partial charge in [-0.1, -0.05) is 67.1 Å². The van der Waals surface area contributed by atoms with Crippen LogP contribution < -0.4 is 15.5 Å². The molecule has 74 heavy (non-hydrogen) atoms. The Balaban J connectivity index is 0.000000350. The largest absolute Gasteiger partial charge is 0.664 e. The van der Waals surface area contributed by atoms with Gasteiger partial charge in [-0.05, 0) is 102 Å². The number of halogens is 1. The fraction of sp³-hybridized carbons (Fsp3) is 0.537. The summed E-state index contributed by atoms with van der Waals surface area (Å²) in [6.07, 6.45) is 13.5. The van der Waals surface area contributed by atoms with Crippen LogP contribution in [-0.2, 0) is 31.9 Å². The van der Waals surface area contributed by atoms with Gasteiger partial charge < -0.3 is 39.9 Å². The van der Waals surface area contributed by atoms with E-state index in [2.05, 4.69) is 66.3 Å². The molecule has 1 unspecified atom stereocenters. The van der Waals surface area contributed by atoms with Crippen molar-refractivity contribution >= 4 is 60.4 Å². The van der Waals surface area contributed by atoms with Gasteiger partial charge in [0.05, 0.1) is 36.2 Å². The molecule has 410 valence electrons. The number of pyridine rings is 1. The summed E-state index contributed by atoms with van der Waals surface area (Å²) in [5.41, 5.74) is 5.55.